The van der Waals surface area contributed by atoms with Gasteiger partial charge in [-0.1, -0.05) is 0 Å². The highest BCUT2D eigenvalue weighted by Crippen LogP contribution is 2.19. The first-order chi connectivity index (χ1) is 13.7. The number of thiophene rings is 1. The standard InChI is InChI=1S/C19H20N6O2S/c26-18(22-10-13-7-8-20-9-13)16-5-6-17(28-16)19(27)24-14-1-3-15(4-2-14)25-12-21-11-23-25/h1-6,11-13,20H,7-10H2,(H,22,26)(H,24,27)/t13-/m1/s1. The lowest BCUT2D eigenvalue weighted by atomic mass is 10.1. The van der Waals surface area contributed by atoms with Gasteiger partial charge >= 0.3 is 0 Å². The molecule has 1 atom stereocenters. The molecular formula is C19H20N6O2S. The van der Waals surface area contributed by atoms with Gasteiger partial charge in [-0.3, -0.25) is 9.59 Å². The van der Waals surface area contributed by atoms with E-state index in [1.165, 1.54) is 17.7 Å². The van der Waals surface area contributed by atoms with E-state index >= 15 is 0 Å². The Morgan fingerprint density at radius 1 is 1.14 bits per heavy atom. The summed E-state index contributed by atoms with van der Waals surface area (Å²) in [6.07, 6.45) is 4.15. The van der Waals surface area contributed by atoms with E-state index in [2.05, 4.69) is 26.0 Å². The molecule has 2 aromatic heterocycles. The molecule has 0 radical (unpaired) electrons. The largest absolute Gasteiger partial charge is 0.351 e. The molecule has 144 valence electrons. The molecule has 1 aliphatic rings. The Morgan fingerprint density at radius 3 is 2.61 bits per heavy atom. The maximum Gasteiger partial charge on any atom is 0.265 e. The van der Waals surface area contributed by atoms with Crippen molar-refractivity contribution in [2.75, 3.05) is 25.0 Å². The van der Waals surface area contributed by atoms with Gasteiger partial charge in [-0.05, 0) is 61.8 Å². The smallest absolute Gasteiger partial charge is 0.265 e. The second-order valence-corrected chi connectivity index (χ2v) is 7.66. The molecule has 2 amide bonds. The van der Waals surface area contributed by atoms with Crippen molar-refractivity contribution in [1.82, 2.24) is 25.4 Å². The fourth-order valence-corrected chi connectivity index (χ4v) is 3.84. The summed E-state index contributed by atoms with van der Waals surface area (Å²) in [6.45, 7) is 2.60. The maximum atomic E-state index is 12.5. The number of nitrogens with one attached hydrogen (secondary N) is 3. The number of carbonyl (C=O) groups is 2. The lowest BCUT2D eigenvalue weighted by Crippen LogP contribution is -2.29. The lowest BCUT2D eigenvalue weighted by molar-refractivity contribution is 0.0951. The highest BCUT2D eigenvalue weighted by atomic mass is 32.1. The van der Waals surface area contributed by atoms with Crippen LogP contribution in [-0.4, -0.2) is 46.2 Å². The summed E-state index contributed by atoms with van der Waals surface area (Å²) < 4.78 is 1.64. The molecule has 28 heavy (non-hydrogen) atoms. The van der Waals surface area contributed by atoms with E-state index in [1.54, 1.807) is 35.3 Å². The first-order valence-electron chi connectivity index (χ1n) is 9.04. The summed E-state index contributed by atoms with van der Waals surface area (Å²) in [5.41, 5.74) is 1.52. The van der Waals surface area contributed by atoms with Crippen molar-refractivity contribution in [3.63, 3.8) is 0 Å². The van der Waals surface area contributed by atoms with Crippen LogP contribution in [0.1, 0.15) is 25.8 Å². The lowest BCUT2D eigenvalue weighted by Gasteiger charge is -2.08. The molecule has 0 aliphatic carbocycles. The molecule has 3 heterocycles. The number of anilines is 1. The van der Waals surface area contributed by atoms with E-state index in [9.17, 15) is 9.59 Å². The Kier molecular flexibility index (Phi) is 5.45. The zero-order chi connectivity index (χ0) is 19.3. The van der Waals surface area contributed by atoms with E-state index in [-0.39, 0.29) is 11.8 Å². The normalized spacial score (nSPS) is 16.1. The van der Waals surface area contributed by atoms with Gasteiger partial charge in [0.05, 0.1) is 15.4 Å². The van der Waals surface area contributed by atoms with Crippen LogP contribution in [0.2, 0.25) is 0 Å². The zero-order valence-electron chi connectivity index (χ0n) is 15.1. The number of rotatable bonds is 6. The molecule has 4 rings (SSSR count). The van der Waals surface area contributed by atoms with Crippen LogP contribution in [0.4, 0.5) is 5.69 Å². The third-order valence-electron chi connectivity index (χ3n) is 4.58. The van der Waals surface area contributed by atoms with Crippen LogP contribution in [0.5, 0.6) is 0 Å². The van der Waals surface area contributed by atoms with Crippen molar-refractivity contribution >= 4 is 28.8 Å². The number of carbonyl (C=O) groups excluding carboxylic acids is 2. The van der Waals surface area contributed by atoms with Crippen LogP contribution in [0.3, 0.4) is 0 Å². The van der Waals surface area contributed by atoms with Gasteiger partial charge in [0, 0.05) is 12.2 Å². The average Bonchev–Trinajstić information content (AvgIpc) is 3.49. The minimum Gasteiger partial charge on any atom is -0.351 e. The van der Waals surface area contributed by atoms with Crippen LogP contribution in [0.25, 0.3) is 5.69 Å². The molecule has 0 spiro atoms. The Balaban J connectivity index is 1.34. The summed E-state index contributed by atoms with van der Waals surface area (Å²) >= 11 is 1.19. The summed E-state index contributed by atoms with van der Waals surface area (Å²) in [5.74, 6) is 0.109. The minimum atomic E-state index is -0.238. The summed E-state index contributed by atoms with van der Waals surface area (Å²) in [6, 6.07) is 10.6. The number of amides is 2. The third kappa shape index (κ3) is 4.26. The summed E-state index contributed by atoms with van der Waals surface area (Å²) in [7, 11) is 0. The minimum absolute atomic E-state index is 0.131. The second-order valence-electron chi connectivity index (χ2n) is 6.57. The third-order valence-corrected chi connectivity index (χ3v) is 5.66. The molecule has 0 bridgehead atoms. The highest BCUT2D eigenvalue weighted by molar-refractivity contribution is 7.16. The molecule has 3 aromatic rings. The zero-order valence-corrected chi connectivity index (χ0v) is 15.9. The van der Waals surface area contributed by atoms with Crippen molar-refractivity contribution < 1.29 is 9.59 Å². The quantitative estimate of drug-likeness (QED) is 0.591. The van der Waals surface area contributed by atoms with Gasteiger partial charge in [0.15, 0.2) is 0 Å². The van der Waals surface area contributed by atoms with E-state index in [0.717, 1.165) is 25.2 Å². The van der Waals surface area contributed by atoms with E-state index in [4.69, 9.17) is 0 Å². The number of nitrogens with zero attached hydrogens (tertiary/aromatic N) is 3. The van der Waals surface area contributed by atoms with Crippen molar-refractivity contribution in [3.8, 4) is 5.69 Å². The van der Waals surface area contributed by atoms with Crippen LogP contribution in [0.15, 0.2) is 49.1 Å². The number of aromatic nitrogens is 3. The van der Waals surface area contributed by atoms with Crippen molar-refractivity contribution in [2.24, 2.45) is 5.92 Å². The Bertz CT molecular complexity index is 945. The topological polar surface area (TPSA) is 101 Å². The Hall–Kier alpha value is -3.04. The SMILES string of the molecule is O=C(NC[C@@H]1CCNC1)c1ccc(C(=O)Nc2ccc(-n3cncn3)cc2)s1. The van der Waals surface area contributed by atoms with Gasteiger partial charge in [0.25, 0.3) is 11.8 Å². The highest BCUT2D eigenvalue weighted by Gasteiger charge is 2.18. The Morgan fingerprint density at radius 2 is 1.93 bits per heavy atom. The summed E-state index contributed by atoms with van der Waals surface area (Å²) in [4.78, 5) is 29.7. The van der Waals surface area contributed by atoms with Crippen molar-refractivity contribution in [3.05, 3.63) is 58.8 Å². The predicted molar refractivity (Wildman–Crippen MR) is 107 cm³/mol. The van der Waals surface area contributed by atoms with Gasteiger partial charge in [0.2, 0.25) is 0 Å². The van der Waals surface area contributed by atoms with E-state index < -0.39 is 0 Å². The maximum absolute atomic E-state index is 12.5. The first-order valence-corrected chi connectivity index (χ1v) is 9.86. The average molecular weight is 396 g/mol. The molecule has 1 aromatic carbocycles. The van der Waals surface area contributed by atoms with Crippen LogP contribution >= 0.6 is 11.3 Å². The molecule has 9 heteroatoms. The predicted octanol–water partition coefficient (Wildman–Crippen LogP) is 1.92. The van der Waals surface area contributed by atoms with Gasteiger partial charge in [-0.25, -0.2) is 9.67 Å². The van der Waals surface area contributed by atoms with Gasteiger partial charge in [-0.15, -0.1) is 11.3 Å². The molecule has 1 fully saturated rings. The molecule has 1 saturated heterocycles. The molecular weight excluding hydrogens is 376 g/mol. The number of hydrogen-bond donors (Lipinski definition) is 3. The number of benzene rings is 1. The first kappa shape index (κ1) is 18.3. The van der Waals surface area contributed by atoms with Crippen LogP contribution in [0, 0.1) is 5.92 Å². The molecule has 1 aliphatic heterocycles. The fraction of sp³-hybridized carbons (Fsp3) is 0.263. The molecule has 3 N–H and O–H groups in total. The van der Waals surface area contributed by atoms with Gasteiger partial charge in [0.1, 0.15) is 12.7 Å². The molecule has 0 saturated carbocycles. The summed E-state index contributed by atoms with van der Waals surface area (Å²) in [5, 5.41) is 13.1. The second kappa shape index (κ2) is 8.32. The van der Waals surface area contributed by atoms with Crippen LogP contribution < -0.4 is 16.0 Å². The van der Waals surface area contributed by atoms with E-state index in [0.29, 0.717) is 27.9 Å². The Labute approximate surface area is 166 Å². The van der Waals surface area contributed by atoms with Crippen LogP contribution in [-0.2, 0) is 0 Å². The van der Waals surface area contributed by atoms with E-state index in [1.807, 2.05) is 12.1 Å². The monoisotopic (exact) mass is 396 g/mol. The van der Waals surface area contributed by atoms with Gasteiger partial charge in [-0.2, -0.15) is 5.10 Å². The van der Waals surface area contributed by atoms with Crippen molar-refractivity contribution in [2.45, 2.75) is 6.42 Å². The fourth-order valence-electron chi connectivity index (χ4n) is 3.03. The number of hydrogen-bond acceptors (Lipinski definition) is 6. The van der Waals surface area contributed by atoms with Gasteiger partial charge < -0.3 is 16.0 Å². The molecule has 0 unspecified atom stereocenters. The van der Waals surface area contributed by atoms with Crippen molar-refractivity contribution in [1.29, 1.82) is 0 Å². The molecule has 8 nitrogen and oxygen atoms in total.